The molecule has 3 aromatic rings. The van der Waals surface area contributed by atoms with Gasteiger partial charge in [-0.1, -0.05) is 27.7 Å². The summed E-state index contributed by atoms with van der Waals surface area (Å²) in [5.74, 6) is 2.20. The van der Waals surface area contributed by atoms with Gasteiger partial charge >= 0.3 is 0 Å². The fraction of sp³-hybridized carbons (Fsp3) is 0.560. The number of anilines is 1. The number of amides is 2. The maximum atomic E-state index is 12.6. The predicted molar refractivity (Wildman–Crippen MR) is 137 cm³/mol. The van der Waals surface area contributed by atoms with Gasteiger partial charge in [0.05, 0.1) is 18.1 Å². The van der Waals surface area contributed by atoms with E-state index in [1.54, 1.807) is 7.11 Å². The van der Waals surface area contributed by atoms with Crippen molar-refractivity contribution in [2.45, 2.75) is 59.9 Å². The minimum Gasteiger partial charge on any atom is -0.497 e. The van der Waals surface area contributed by atoms with Crippen LogP contribution < -0.4 is 20.7 Å². The first-order valence-corrected chi connectivity index (χ1v) is 12.2. The molecule has 0 fully saturated rings. The van der Waals surface area contributed by atoms with Crippen LogP contribution in [0.1, 0.15) is 52.8 Å². The molecule has 1 atom stereocenters. The summed E-state index contributed by atoms with van der Waals surface area (Å²) in [5.41, 5.74) is 2.37. The van der Waals surface area contributed by atoms with Crippen molar-refractivity contribution in [3.8, 4) is 5.75 Å². The number of aryl methyl sites for hydroxylation is 1. The first-order chi connectivity index (χ1) is 16.7. The largest absolute Gasteiger partial charge is 0.497 e. The smallest absolute Gasteiger partial charge is 0.242 e. The Hall–Kier alpha value is -3.43. The molecule has 35 heavy (non-hydrogen) atoms. The molecule has 0 spiro atoms. The molecule has 0 saturated carbocycles. The summed E-state index contributed by atoms with van der Waals surface area (Å²) in [5, 5.41) is 17.7. The third kappa shape index (κ3) is 6.58. The normalized spacial score (nSPS) is 12.3. The number of nitrogens with one attached hydrogen (secondary N) is 3. The van der Waals surface area contributed by atoms with Crippen LogP contribution in [-0.2, 0) is 9.59 Å². The Morgan fingerprint density at radius 1 is 1.09 bits per heavy atom. The maximum absolute atomic E-state index is 12.6. The van der Waals surface area contributed by atoms with Gasteiger partial charge in [-0.3, -0.25) is 14.0 Å². The van der Waals surface area contributed by atoms with Crippen molar-refractivity contribution >= 4 is 34.3 Å². The molecule has 0 saturated heterocycles. The maximum Gasteiger partial charge on any atom is 0.242 e. The van der Waals surface area contributed by atoms with E-state index in [0.717, 1.165) is 35.4 Å². The van der Waals surface area contributed by atoms with E-state index in [4.69, 9.17) is 9.72 Å². The van der Waals surface area contributed by atoms with Crippen molar-refractivity contribution in [2.75, 3.05) is 25.5 Å². The number of unbranched alkanes of at least 4 members (excludes halogenated alkanes) is 1. The van der Waals surface area contributed by atoms with Crippen LogP contribution in [0.3, 0.4) is 0 Å². The van der Waals surface area contributed by atoms with Gasteiger partial charge < -0.3 is 20.7 Å². The number of fused-ring (bicyclic) bond motifs is 3. The quantitative estimate of drug-likeness (QED) is 0.338. The molecule has 10 heteroatoms. The van der Waals surface area contributed by atoms with Crippen LogP contribution in [-0.4, -0.2) is 57.6 Å². The summed E-state index contributed by atoms with van der Waals surface area (Å²) in [6, 6.07) is 5.21. The van der Waals surface area contributed by atoms with Crippen molar-refractivity contribution in [3.05, 3.63) is 24.0 Å². The van der Waals surface area contributed by atoms with Crippen LogP contribution in [0.4, 0.5) is 5.82 Å². The number of rotatable bonds is 12. The molecule has 1 aromatic carbocycles. The lowest BCUT2D eigenvalue weighted by atomic mass is 10.0. The zero-order valence-corrected chi connectivity index (χ0v) is 21.5. The Morgan fingerprint density at radius 2 is 1.83 bits per heavy atom. The van der Waals surface area contributed by atoms with Gasteiger partial charge in [-0.15, -0.1) is 10.2 Å². The van der Waals surface area contributed by atoms with E-state index in [-0.39, 0.29) is 23.7 Å². The number of aromatic nitrogens is 4. The summed E-state index contributed by atoms with van der Waals surface area (Å²) in [7, 11) is 1.63. The molecular weight excluding hydrogens is 446 g/mol. The number of benzene rings is 1. The first-order valence-electron chi connectivity index (χ1n) is 12.2. The summed E-state index contributed by atoms with van der Waals surface area (Å²) in [6.45, 7) is 10.9. The molecule has 0 radical (unpaired) electrons. The highest BCUT2D eigenvalue weighted by molar-refractivity contribution is 5.88. The molecule has 2 amide bonds. The van der Waals surface area contributed by atoms with Crippen LogP contribution in [0.15, 0.2) is 18.2 Å². The van der Waals surface area contributed by atoms with E-state index in [1.807, 2.05) is 57.2 Å². The number of ether oxygens (including phenoxy) is 1. The fourth-order valence-electron chi connectivity index (χ4n) is 3.92. The molecule has 0 aliphatic carbocycles. The zero-order valence-electron chi connectivity index (χ0n) is 21.5. The average molecular weight is 484 g/mol. The molecule has 2 heterocycles. The highest BCUT2D eigenvalue weighted by atomic mass is 16.5. The van der Waals surface area contributed by atoms with Gasteiger partial charge in [0.2, 0.25) is 17.5 Å². The molecule has 0 aliphatic heterocycles. The van der Waals surface area contributed by atoms with Crippen molar-refractivity contribution in [1.82, 2.24) is 30.2 Å². The third-order valence-corrected chi connectivity index (χ3v) is 5.75. The number of nitrogens with zero attached hydrogens (tertiary/aromatic N) is 4. The first kappa shape index (κ1) is 26.2. The molecule has 2 aromatic heterocycles. The fourth-order valence-corrected chi connectivity index (χ4v) is 3.92. The second-order valence-corrected chi connectivity index (χ2v) is 9.53. The summed E-state index contributed by atoms with van der Waals surface area (Å²) in [4.78, 5) is 29.5. The van der Waals surface area contributed by atoms with E-state index >= 15 is 0 Å². The van der Waals surface area contributed by atoms with Crippen LogP contribution in [0.5, 0.6) is 5.75 Å². The van der Waals surface area contributed by atoms with Crippen molar-refractivity contribution in [2.24, 2.45) is 11.8 Å². The lowest BCUT2D eigenvalue weighted by Crippen LogP contribution is -2.50. The van der Waals surface area contributed by atoms with Gasteiger partial charge in [0.25, 0.3) is 0 Å². The second-order valence-electron chi connectivity index (χ2n) is 9.53. The standard InChI is InChI=1S/C25H37N7O3/c1-15(2)13-21(33)29-22(16(3)4)25(34)27-12-8-7-11-26-23-24-31-30-17(5)32(24)20-10-9-18(35-6)14-19(20)28-23/h9-10,14-16,22H,7-8,11-13H2,1-6H3,(H,26,28)(H,27,34)(H,29,33). The van der Waals surface area contributed by atoms with Crippen LogP contribution in [0.2, 0.25) is 0 Å². The molecule has 3 rings (SSSR count). The Labute approximate surface area is 206 Å². The van der Waals surface area contributed by atoms with Gasteiger partial charge in [0, 0.05) is 25.6 Å². The molecule has 1 unspecified atom stereocenters. The zero-order chi connectivity index (χ0) is 25.5. The monoisotopic (exact) mass is 483 g/mol. The second kappa shape index (κ2) is 11.8. The predicted octanol–water partition coefficient (Wildman–Crippen LogP) is 3.09. The molecule has 10 nitrogen and oxygen atoms in total. The lowest BCUT2D eigenvalue weighted by molar-refractivity contribution is -0.130. The van der Waals surface area contributed by atoms with Crippen molar-refractivity contribution in [3.63, 3.8) is 0 Å². The molecule has 0 aliphatic rings. The van der Waals surface area contributed by atoms with Gasteiger partial charge in [-0.05, 0) is 43.7 Å². The van der Waals surface area contributed by atoms with Crippen LogP contribution >= 0.6 is 0 Å². The number of carbonyl (C=O) groups is 2. The molecule has 190 valence electrons. The Morgan fingerprint density at radius 3 is 2.51 bits per heavy atom. The summed E-state index contributed by atoms with van der Waals surface area (Å²) < 4.78 is 7.32. The SMILES string of the molecule is COc1ccc2c(c1)nc(NCCCCNC(=O)C(NC(=O)CC(C)C)C(C)C)c1nnc(C)n12. The molecule has 0 bridgehead atoms. The number of methoxy groups -OCH3 is 1. The van der Waals surface area contributed by atoms with E-state index in [1.165, 1.54) is 0 Å². The summed E-state index contributed by atoms with van der Waals surface area (Å²) in [6.07, 6.45) is 2.02. The van der Waals surface area contributed by atoms with Gasteiger partial charge in [-0.2, -0.15) is 0 Å². The number of hydrogen-bond donors (Lipinski definition) is 3. The highest BCUT2D eigenvalue weighted by Crippen LogP contribution is 2.25. The molecular formula is C25H37N7O3. The van der Waals surface area contributed by atoms with Crippen LogP contribution in [0.25, 0.3) is 16.7 Å². The van der Waals surface area contributed by atoms with E-state index in [0.29, 0.717) is 31.0 Å². The van der Waals surface area contributed by atoms with Crippen LogP contribution in [0, 0.1) is 18.8 Å². The van der Waals surface area contributed by atoms with Gasteiger partial charge in [-0.25, -0.2) is 4.98 Å². The van der Waals surface area contributed by atoms with Crippen molar-refractivity contribution < 1.29 is 14.3 Å². The average Bonchev–Trinajstić information content (AvgIpc) is 3.20. The number of carbonyl (C=O) groups excluding carboxylic acids is 2. The Kier molecular flexibility index (Phi) is 8.84. The van der Waals surface area contributed by atoms with Gasteiger partial charge in [0.1, 0.15) is 17.6 Å². The lowest BCUT2D eigenvalue weighted by Gasteiger charge is -2.22. The Balaban J connectivity index is 1.54. The number of hydrogen-bond acceptors (Lipinski definition) is 7. The highest BCUT2D eigenvalue weighted by Gasteiger charge is 2.24. The molecule has 3 N–H and O–H groups in total. The topological polar surface area (TPSA) is 123 Å². The van der Waals surface area contributed by atoms with E-state index < -0.39 is 6.04 Å². The minimum atomic E-state index is -0.525. The third-order valence-electron chi connectivity index (χ3n) is 5.75. The Bertz CT molecular complexity index is 1170. The van der Waals surface area contributed by atoms with E-state index in [2.05, 4.69) is 26.1 Å². The summed E-state index contributed by atoms with van der Waals surface area (Å²) >= 11 is 0. The minimum absolute atomic E-state index is 0.0133. The van der Waals surface area contributed by atoms with E-state index in [9.17, 15) is 9.59 Å². The van der Waals surface area contributed by atoms with Crippen molar-refractivity contribution in [1.29, 1.82) is 0 Å². The van der Waals surface area contributed by atoms with Gasteiger partial charge in [0.15, 0.2) is 5.82 Å².